The van der Waals surface area contributed by atoms with Gasteiger partial charge in [-0.15, -0.1) is 19.0 Å². The van der Waals surface area contributed by atoms with Crippen molar-refractivity contribution < 1.29 is 9.90 Å². The van der Waals surface area contributed by atoms with E-state index in [0.717, 1.165) is 11.5 Å². The van der Waals surface area contributed by atoms with E-state index in [-0.39, 0.29) is 36.8 Å². The minimum Gasteiger partial charge on any atom is -0.480 e. The van der Waals surface area contributed by atoms with Crippen molar-refractivity contribution in [2.75, 3.05) is 17.8 Å². The molecule has 0 aromatic rings. The number of nitrogens with two attached hydrogens (primary N) is 1. The van der Waals surface area contributed by atoms with Gasteiger partial charge in [-0.1, -0.05) is 6.08 Å². The second kappa shape index (κ2) is 11.2. The number of hydrogen-bond donors (Lipinski definition) is 3. The SMILES string of the molecule is C=CC[SH](C)CC[C@H](N)C(=O)O.Cl.S. The van der Waals surface area contributed by atoms with E-state index in [4.69, 9.17) is 10.8 Å². The highest BCUT2D eigenvalue weighted by Gasteiger charge is 2.10. The topological polar surface area (TPSA) is 63.3 Å². The molecule has 3 N–H and O–H groups in total. The first-order chi connectivity index (χ1) is 5.57. The van der Waals surface area contributed by atoms with Crippen molar-refractivity contribution in [3.8, 4) is 0 Å². The molecule has 6 heteroatoms. The third-order valence-corrected chi connectivity index (χ3v) is 3.48. The highest BCUT2D eigenvalue weighted by atomic mass is 35.5. The van der Waals surface area contributed by atoms with Gasteiger partial charge in [0.15, 0.2) is 0 Å². The largest absolute Gasteiger partial charge is 0.480 e. The van der Waals surface area contributed by atoms with Gasteiger partial charge in [0.05, 0.1) is 0 Å². The van der Waals surface area contributed by atoms with Gasteiger partial charge in [-0.25, -0.2) is 0 Å². The summed E-state index contributed by atoms with van der Waals surface area (Å²) in [5.41, 5.74) is 5.35. The average Bonchev–Trinajstić information content (AvgIpc) is 2.00. The van der Waals surface area contributed by atoms with E-state index in [1.807, 2.05) is 6.08 Å². The lowest BCUT2D eigenvalue weighted by Crippen LogP contribution is -2.30. The Morgan fingerprint density at radius 3 is 2.57 bits per heavy atom. The number of thiol groups is 1. The van der Waals surface area contributed by atoms with Crippen LogP contribution in [0.2, 0.25) is 0 Å². The Labute approximate surface area is 101 Å². The molecule has 88 valence electrons. The summed E-state index contributed by atoms with van der Waals surface area (Å²) in [6.45, 7) is 3.63. The van der Waals surface area contributed by atoms with E-state index in [1.165, 1.54) is 0 Å². The maximum atomic E-state index is 10.3. The molecule has 0 amide bonds. The predicted molar refractivity (Wildman–Crippen MR) is 72.7 cm³/mol. The number of rotatable bonds is 6. The molecule has 3 nitrogen and oxygen atoms in total. The summed E-state index contributed by atoms with van der Waals surface area (Å²) >= 11 is 0. The van der Waals surface area contributed by atoms with Crippen LogP contribution in [0.3, 0.4) is 0 Å². The third-order valence-electron chi connectivity index (χ3n) is 1.58. The molecular weight excluding hydrogens is 242 g/mol. The molecule has 0 heterocycles. The van der Waals surface area contributed by atoms with E-state index >= 15 is 0 Å². The van der Waals surface area contributed by atoms with Crippen LogP contribution in [0.5, 0.6) is 0 Å². The Bertz CT molecular complexity index is 169. The van der Waals surface area contributed by atoms with Gasteiger partial charge in [-0.2, -0.15) is 13.5 Å². The number of carbonyl (C=O) groups is 1. The lowest BCUT2D eigenvalue weighted by atomic mass is 10.2. The molecular formula is C8H20ClNO2S2. The molecule has 0 aliphatic heterocycles. The number of carboxylic acid groups (broad SMARTS) is 1. The monoisotopic (exact) mass is 261 g/mol. The van der Waals surface area contributed by atoms with E-state index in [0.29, 0.717) is 6.42 Å². The van der Waals surface area contributed by atoms with Crippen molar-refractivity contribution in [2.45, 2.75) is 12.5 Å². The van der Waals surface area contributed by atoms with Crippen LogP contribution in [-0.4, -0.2) is 34.9 Å². The van der Waals surface area contributed by atoms with Crippen molar-refractivity contribution in [1.82, 2.24) is 0 Å². The van der Waals surface area contributed by atoms with E-state index < -0.39 is 12.0 Å². The number of hydrogen-bond acceptors (Lipinski definition) is 2. The quantitative estimate of drug-likeness (QED) is 0.496. The average molecular weight is 262 g/mol. The third kappa shape index (κ3) is 10.2. The fraction of sp³-hybridized carbons (Fsp3) is 0.625. The van der Waals surface area contributed by atoms with Gasteiger partial charge >= 0.3 is 5.97 Å². The highest BCUT2D eigenvalue weighted by Crippen LogP contribution is 2.20. The molecule has 1 unspecified atom stereocenters. The molecule has 0 spiro atoms. The number of halogens is 1. The number of carboxylic acids is 1. The fourth-order valence-corrected chi connectivity index (χ4v) is 2.14. The first-order valence-electron chi connectivity index (χ1n) is 3.85. The van der Waals surface area contributed by atoms with Crippen molar-refractivity contribution in [3.63, 3.8) is 0 Å². The summed E-state index contributed by atoms with van der Waals surface area (Å²) in [4.78, 5) is 10.3. The molecule has 2 atom stereocenters. The van der Waals surface area contributed by atoms with E-state index in [2.05, 4.69) is 12.8 Å². The lowest BCUT2D eigenvalue weighted by Gasteiger charge is -2.14. The summed E-state index contributed by atoms with van der Waals surface area (Å²) in [5.74, 6) is 0.994. The van der Waals surface area contributed by atoms with Gasteiger partial charge in [0.1, 0.15) is 6.04 Å². The van der Waals surface area contributed by atoms with Crippen molar-refractivity contribution in [3.05, 3.63) is 12.7 Å². The molecule has 0 aliphatic rings. The smallest absolute Gasteiger partial charge is 0.320 e. The highest BCUT2D eigenvalue weighted by molar-refractivity contribution is 8.16. The lowest BCUT2D eigenvalue weighted by molar-refractivity contribution is -0.138. The van der Waals surface area contributed by atoms with Crippen LogP contribution in [0.1, 0.15) is 6.42 Å². The molecule has 0 aromatic heterocycles. The van der Waals surface area contributed by atoms with E-state index in [9.17, 15) is 4.79 Å². The molecule has 0 aromatic carbocycles. The second-order valence-electron chi connectivity index (χ2n) is 2.78. The minimum atomic E-state index is -0.906. The van der Waals surface area contributed by atoms with E-state index in [1.54, 1.807) is 0 Å². The molecule has 0 saturated carbocycles. The Hall–Kier alpha value is 0.160. The normalized spacial score (nSPS) is 14.3. The minimum absolute atomic E-state index is 0. The molecule has 0 aliphatic carbocycles. The zero-order valence-corrected chi connectivity index (χ0v) is 11.0. The molecule has 0 bridgehead atoms. The van der Waals surface area contributed by atoms with Crippen LogP contribution in [0, 0.1) is 0 Å². The van der Waals surface area contributed by atoms with Crippen LogP contribution in [0.4, 0.5) is 0 Å². The second-order valence-corrected chi connectivity index (χ2v) is 5.31. The van der Waals surface area contributed by atoms with Crippen molar-refractivity contribution in [2.24, 2.45) is 5.73 Å². The Balaban J connectivity index is -0.000000605. The van der Waals surface area contributed by atoms with Gasteiger partial charge in [-0.05, 0) is 24.2 Å². The fourth-order valence-electron chi connectivity index (χ4n) is 0.795. The zero-order chi connectivity index (χ0) is 9.56. The standard InChI is InChI=1S/C8H17NO2S.ClH.H2S/c1-3-5-12(2)6-4-7(9)8(10)11;;/h3,7,12H,1,4-6,9H2,2H3,(H,10,11);1H;1H2/t7-;;/m0../s1. The van der Waals surface area contributed by atoms with Gasteiger partial charge in [-0.3, -0.25) is 15.7 Å². The van der Waals surface area contributed by atoms with Crippen LogP contribution in [0.25, 0.3) is 0 Å². The van der Waals surface area contributed by atoms with Crippen molar-refractivity contribution in [1.29, 1.82) is 0 Å². The maximum Gasteiger partial charge on any atom is 0.320 e. The summed E-state index contributed by atoms with van der Waals surface area (Å²) < 4.78 is 0. The first kappa shape index (κ1) is 19.7. The summed E-state index contributed by atoms with van der Waals surface area (Å²) in [6, 6.07) is -0.695. The van der Waals surface area contributed by atoms with Crippen LogP contribution >= 0.6 is 36.8 Å². The first-order valence-corrected chi connectivity index (χ1v) is 6.01. The predicted octanol–water partition coefficient (Wildman–Crippen LogP) is 1.14. The maximum absolute atomic E-state index is 10.3. The van der Waals surface area contributed by atoms with Crippen LogP contribution in [-0.2, 0) is 4.79 Å². The van der Waals surface area contributed by atoms with Crippen LogP contribution in [0.15, 0.2) is 12.7 Å². The Morgan fingerprint density at radius 1 is 1.71 bits per heavy atom. The Kier molecular flexibility index (Phi) is 15.8. The van der Waals surface area contributed by atoms with Crippen LogP contribution < -0.4 is 5.73 Å². The molecule has 0 rings (SSSR count). The molecule has 0 saturated heterocycles. The van der Waals surface area contributed by atoms with Crippen molar-refractivity contribution >= 4 is 42.8 Å². The summed E-state index contributed by atoms with van der Waals surface area (Å²) in [5, 5.41) is 8.49. The van der Waals surface area contributed by atoms with Gasteiger partial charge in [0.2, 0.25) is 0 Å². The Morgan fingerprint density at radius 2 is 2.21 bits per heavy atom. The van der Waals surface area contributed by atoms with Gasteiger partial charge in [0, 0.05) is 0 Å². The number of aliphatic carboxylic acids is 1. The molecule has 0 fully saturated rings. The molecule has 14 heavy (non-hydrogen) atoms. The summed E-state index contributed by atoms with van der Waals surface area (Å²) in [6.07, 6.45) is 4.58. The van der Waals surface area contributed by atoms with Gasteiger partial charge in [0.25, 0.3) is 0 Å². The summed E-state index contributed by atoms with van der Waals surface area (Å²) in [7, 11) is -0.0993. The molecule has 0 radical (unpaired) electrons. The van der Waals surface area contributed by atoms with Gasteiger partial charge < -0.3 is 10.8 Å². The zero-order valence-electron chi connectivity index (χ0n) is 8.27.